The molecule has 4 heteroatoms. The molecule has 43 heavy (non-hydrogen) atoms. The smallest absolute Gasteiger partial charge is 0.306 e. The third-order valence-corrected chi connectivity index (χ3v) is 7.50. The SMILES string of the molecule is CC/C=C\C/C=C\C/C=C\C/C=C\C/C=C\CCCCCCCC(=O)OC(CCCCCCCCCC)CCCC(=O)O. The van der Waals surface area contributed by atoms with E-state index in [-0.39, 0.29) is 18.5 Å². The average molecular weight is 599 g/mol. The number of carboxylic acids is 1. The summed E-state index contributed by atoms with van der Waals surface area (Å²) in [7, 11) is 0. The Bertz CT molecular complexity index is 774. The third kappa shape index (κ3) is 34.0. The van der Waals surface area contributed by atoms with Gasteiger partial charge in [0.25, 0.3) is 0 Å². The molecule has 4 nitrogen and oxygen atoms in total. The minimum Gasteiger partial charge on any atom is -0.481 e. The van der Waals surface area contributed by atoms with Crippen LogP contribution in [-0.2, 0) is 14.3 Å². The fourth-order valence-corrected chi connectivity index (χ4v) is 4.92. The van der Waals surface area contributed by atoms with E-state index in [2.05, 4.69) is 74.6 Å². The zero-order chi connectivity index (χ0) is 31.5. The van der Waals surface area contributed by atoms with Gasteiger partial charge in [0, 0.05) is 12.8 Å². The second kappa shape index (κ2) is 34.1. The number of unbranched alkanes of at least 4 members (excludes halogenated alkanes) is 12. The lowest BCUT2D eigenvalue weighted by atomic mass is 10.0. The number of carbonyl (C=O) groups excluding carboxylic acids is 1. The summed E-state index contributed by atoms with van der Waals surface area (Å²) in [6.07, 6.45) is 46.6. The van der Waals surface area contributed by atoms with E-state index >= 15 is 0 Å². The van der Waals surface area contributed by atoms with E-state index in [0.29, 0.717) is 19.3 Å². The van der Waals surface area contributed by atoms with Crippen LogP contribution in [-0.4, -0.2) is 23.1 Å². The zero-order valence-electron chi connectivity index (χ0n) is 28.0. The zero-order valence-corrected chi connectivity index (χ0v) is 28.0. The van der Waals surface area contributed by atoms with Crippen LogP contribution in [0.2, 0.25) is 0 Å². The highest BCUT2D eigenvalue weighted by molar-refractivity contribution is 5.69. The minimum absolute atomic E-state index is 0.112. The second-order valence-electron chi connectivity index (χ2n) is 11.7. The number of esters is 1. The van der Waals surface area contributed by atoms with Crippen LogP contribution < -0.4 is 0 Å². The van der Waals surface area contributed by atoms with Crippen LogP contribution in [0.15, 0.2) is 60.8 Å². The first-order valence-corrected chi connectivity index (χ1v) is 17.8. The first-order chi connectivity index (χ1) is 21.1. The van der Waals surface area contributed by atoms with Crippen molar-refractivity contribution in [2.45, 2.75) is 174 Å². The summed E-state index contributed by atoms with van der Waals surface area (Å²) < 4.78 is 5.78. The predicted molar refractivity (Wildman–Crippen MR) is 185 cm³/mol. The molecule has 0 spiro atoms. The molecule has 0 aliphatic heterocycles. The van der Waals surface area contributed by atoms with Crippen molar-refractivity contribution >= 4 is 11.9 Å². The molecule has 0 radical (unpaired) electrons. The van der Waals surface area contributed by atoms with Gasteiger partial charge in [-0.2, -0.15) is 0 Å². The Morgan fingerprint density at radius 3 is 1.56 bits per heavy atom. The van der Waals surface area contributed by atoms with Crippen LogP contribution in [0.4, 0.5) is 0 Å². The van der Waals surface area contributed by atoms with Gasteiger partial charge in [0.2, 0.25) is 0 Å². The van der Waals surface area contributed by atoms with Crippen molar-refractivity contribution in [1.29, 1.82) is 0 Å². The largest absolute Gasteiger partial charge is 0.481 e. The standard InChI is InChI=1S/C39H66O4/c1-3-5-7-9-11-13-14-15-16-17-18-19-20-21-22-23-24-25-27-29-31-36-39(42)43-37(34-32-35-38(40)41)33-30-28-26-12-10-8-6-4-2/h5,7,11,13,15-16,18-19,21-22,37H,3-4,6,8-10,12,14,17,20,23-36H2,1-2H3,(H,40,41)/b7-5-,13-11-,16-15-,19-18-,22-21-. The third-order valence-electron chi connectivity index (χ3n) is 7.50. The summed E-state index contributed by atoms with van der Waals surface area (Å²) in [5.41, 5.74) is 0. The maximum atomic E-state index is 12.4. The summed E-state index contributed by atoms with van der Waals surface area (Å²) in [5.74, 6) is -0.892. The molecule has 1 atom stereocenters. The van der Waals surface area contributed by atoms with E-state index in [1.165, 1.54) is 57.8 Å². The molecule has 0 amide bonds. The van der Waals surface area contributed by atoms with Crippen molar-refractivity contribution in [1.82, 2.24) is 0 Å². The topological polar surface area (TPSA) is 63.6 Å². The maximum absolute atomic E-state index is 12.4. The highest BCUT2D eigenvalue weighted by Crippen LogP contribution is 2.17. The van der Waals surface area contributed by atoms with Gasteiger partial charge < -0.3 is 9.84 Å². The van der Waals surface area contributed by atoms with Crippen LogP contribution in [0.5, 0.6) is 0 Å². The molecular formula is C39H66O4. The number of rotatable bonds is 31. The lowest BCUT2D eigenvalue weighted by Gasteiger charge is -2.18. The number of hydrogen-bond acceptors (Lipinski definition) is 3. The molecule has 0 rings (SSSR count). The van der Waals surface area contributed by atoms with Crippen molar-refractivity contribution < 1.29 is 19.4 Å². The summed E-state index contributed by atoms with van der Waals surface area (Å²) >= 11 is 0. The molecule has 246 valence electrons. The summed E-state index contributed by atoms with van der Waals surface area (Å²) in [5, 5.41) is 8.96. The number of ether oxygens (including phenoxy) is 1. The van der Waals surface area contributed by atoms with Crippen LogP contribution in [0.25, 0.3) is 0 Å². The number of hydrogen-bond donors (Lipinski definition) is 1. The molecule has 0 aliphatic rings. The van der Waals surface area contributed by atoms with Gasteiger partial charge in [0.1, 0.15) is 6.10 Å². The van der Waals surface area contributed by atoms with Gasteiger partial charge in [0.15, 0.2) is 0 Å². The normalized spacial score (nSPS) is 13.0. The van der Waals surface area contributed by atoms with Crippen LogP contribution in [0.3, 0.4) is 0 Å². The van der Waals surface area contributed by atoms with E-state index in [1.807, 2.05) is 0 Å². The maximum Gasteiger partial charge on any atom is 0.306 e. The number of allylic oxidation sites excluding steroid dienone is 10. The molecule has 0 aromatic carbocycles. The summed E-state index contributed by atoms with van der Waals surface area (Å²) in [4.78, 5) is 23.3. The van der Waals surface area contributed by atoms with Crippen molar-refractivity contribution in [2.75, 3.05) is 0 Å². The molecule has 0 bridgehead atoms. The first-order valence-electron chi connectivity index (χ1n) is 17.8. The van der Waals surface area contributed by atoms with Gasteiger partial charge >= 0.3 is 11.9 Å². The molecule has 0 saturated heterocycles. The van der Waals surface area contributed by atoms with E-state index < -0.39 is 5.97 Å². The molecular weight excluding hydrogens is 532 g/mol. The molecule has 0 heterocycles. The second-order valence-corrected chi connectivity index (χ2v) is 11.7. The highest BCUT2D eigenvalue weighted by Gasteiger charge is 2.15. The molecule has 0 aromatic heterocycles. The van der Waals surface area contributed by atoms with Crippen molar-refractivity contribution in [2.24, 2.45) is 0 Å². The Morgan fingerprint density at radius 2 is 1.00 bits per heavy atom. The number of aliphatic carboxylic acids is 1. The Hall–Kier alpha value is -2.36. The fourth-order valence-electron chi connectivity index (χ4n) is 4.92. The fraction of sp³-hybridized carbons (Fsp3) is 0.692. The predicted octanol–water partition coefficient (Wildman–Crippen LogP) is 12.2. The van der Waals surface area contributed by atoms with Crippen molar-refractivity contribution in [3.63, 3.8) is 0 Å². The Kier molecular flexibility index (Phi) is 32.3. The number of carbonyl (C=O) groups is 2. The van der Waals surface area contributed by atoms with Crippen LogP contribution in [0, 0.1) is 0 Å². The summed E-state index contributed by atoms with van der Waals surface area (Å²) in [6, 6.07) is 0. The van der Waals surface area contributed by atoms with Gasteiger partial charge in [-0.15, -0.1) is 0 Å². The molecule has 0 aromatic rings. The van der Waals surface area contributed by atoms with Gasteiger partial charge in [-0.05, 0) is 77.0 Å². The first kappa shape index (κ1) is 40.6. The molecule has 0 aliphatic carbocycles. The summed E-state index contributed by atoms with van der Waals surface area (Å²) in [6.45, 7) is 4.39. The molecule has 1 N–H and O–H groups in total. The van der Waals surface area contributed by atoms with Crippen LogP contribution >= 0.6 is 0 Å². The average Bonchev–Trinajstić information content (AvgIpc) is 2.99. The van der Waals surface area contributed by atoms with Gasteiger partial charge in [-0.3, -0.25) is 9.59 Å². The Balaban J connectivity index is 3.84. The molecule has 0 fully saturated rings. The van der Waals surface area contributed by atoms with Gasteiger partial charge in [-0.1, -0.05) is 139 Å². The van der Waals surface area contributed by atoms with Crippen LogP contribution in [0.1, 0.15) is 168 Å². The Morgan fingerprint density at radius 1 is 0.535 bits per heavy atom. The monoisotopic (exact) mass is 598 g/mol. The van der Waals surface area contributed by atoms with Gasteiger partial charge in [-0.25, -0.2) is 0 Å². The number of carboxylic acid groups (broad SMARTS) is 1. The molecule has 0 saturated carbocycles. The van der Waals surface area contributed by atoms with E-state index in [9.17, 15) is 9.59 Å². The van der Waals surface area contributed by atoms with E-state index in [0.717, 1.165) is 70.6 Å². The lowest BCUT2D eigenvalue weighted by molar-refractivity contribution is -0.150. The van der Waals surface area contributed by atoms with Crippen molar-refractivity contribution in [3.05, 3.63) is 60.8 Å². The van der Waals surface area contributed by atoms with Gasteiger partial charge in [0.05, 0.1) is 0 Å². The Labute approximate surface area is 265 Å². The van der Waals surface area contributed by atoms with E-state index in [4.69, 9.17) is 9.84 Å². The van der Waals surface area contributed by atoms with Crippen molar-refractivity contribution in [3.8, 4) is 0 Å². The quantitative estimate of drug-likeness (QED) is 0.0490. The molecule has 1 unspecified atom stereocenters. The minimum atomic E-state index is -0.779. The van der Waals surface area contributed by atoms with E-state index in [1.54, 1.807) is 0 Å². The lowest BCUT2D eigenvalue weighted by Crippen LogP contribution is -2.18. The highest BCUT2D eigenvalue weighted by atomic mass is 16.5.